The van der Waals surface area contributed by atoms with E-state index in [0.717, 1.165) is 26.7 Å². The Morgan fingerprint density at radius 3 is 2.30 bits per heavy atom. The van der Waals surface area contributed by atoms with E-state index in [1.807, 2.05) is 37.4 Å². The maximum atomic E-state index is 7.70. The molecule has 0 aliphatic carbocycles. The van der Waals surface area contributed by atoms with E-state index >= 15 is 0 Å². The van der Waals surface area contributed by atoms with Crippen LogP contribution in [0.3, 0.4) is 0 Å². The number of nitrogen functional groups attached to an aromatic ring is 1. The summed E-state index contributed by atoms with van der Waals surface area (Å²) in [5, 5.41) is 7.70. The lowest BCUT2D eigenvalue weighted by molar-refractivity contribution is 0.920. The van der Waals surface area contributed by atoms with E-state index in [-0.39, 0.29) is 5.84 Å². The van der Waals surface area contributed by atoms with Crippen LogP contribution in [0.25, 0.3) is 0 Å². The fourth-order valence-electron chi connectivity index (χ4n) is 2.01. The van der Waals surface area contributed by atoms with Crippen molar-refractivity contribution in [2.24, 2.45) is 5.73 Å². The smallest absolute Gasteiger partial charge is 0.124 e. The lowest BCUT2D eigenvalue weighted by Gasteiger charge is -2.22. The predicted octanol–water partition coefficient (Wildman–Crippen LogP) is 4.13. The monoisotopic (exact) mass is 395 g/mol. The molecule has 0 aromatic heterocycles. The molecule has 0 saturated heterocycles. The van der Waals surface area contributed by atoms with Crippen LogP contribution in [0.15, 0.2) is 51.4 Å². The number of nitrogens with one attached hydrogen (secondary N) is 1. The number of benzene rings is 2. The summed E-state index contributed by atoms with van der Waals surface area (Å²) in [5.74, 6) is 0.0731. The van der Waals surface area contributed by atoms with E-state index in [4.69, 9.17) is 11.1 Å². The highest BCUT2D eigenvalue weighted by atomic mass is 79.9. The van der Waals surface area contributed by atoms with Crippen molar-refractivity contribution in [2.75, 3.05) is 11.9 Å². The zero-order chi connectivity index (χ0) is 14.7. The maximum absolute atomic E-state index is 7.70. The van der Waals surface area contributed by atoms with Crippen molar-refractivity contribution in [3.63, 3.8) is 0 Å². The Morgan fingerprint density at radius 1 is 1.10 bits per heavy atom. The van der Waals surface area contributed by atoms with Crippen LogP contribution >= 0.6 is 31.9 Å². The van der Waals surface area contributed by atoms with Gasteiger partial charge in [-0.2, -0.15) is 0 Å². The largest absolute Gasteiger partial charge is 0.384 e. The zero-order valence-electron chi connectivity index (χ0n) is 11.0. The fourth-order valence-corrected chi connectivity index (χ4v) is 2.63. The number of amidine groups is 1. The molecule has 0 unspecified atom stereocenters. The lowest BCUT2D eigenvalue weighted by Crippen LogP contribution is -2.22. The molecule has 2 aromatic rings. The molecule has 0 aliphatic rings. The van der Waals surface area contributed by atoms with Crippen molar-refractivity contribution in [3.8, 4) is 0 Å². The van der Waals surface area contributed by atoms with E-state index in [0.29, 0.717) is 0 Å². The van der Waals surface area contributed by atoms with Crippen molar-refractivity contribution in [1.82, 2.24) is 0 Å². The molecule has 3 nitrogen and oxygen atoms in total. The Hall–Kier alpha value is -1.33. The first-order valence-electron chi connectivity index (χ1n) is 6.07. The van der Waals surface area contributed by atoms with Gasteiger partial charge in [-0.1, -0.05) is 44.0 Å². The van der Waals surface area contributed by atoms with E-state index in [1.54, 1.807) is 0 Å². The topological polar surface area (TPSA) is 53.1 Å². The highest BCUT2D eigenvalue weighted by Gasteiger charge is 2.11. The van der Waals surface area contributed by atoms with Gasteiger partial charge in [0.05, 0.1) is 0 Å². The number of anilines is 1. The molecule has 0 fully saturated rings. The van der Waals surface area contributed by atoms with Gasteiger partial charge in [-0.3, -0.25) is 5.41 Å². The quantitative estimate of drug-likeness (QED) is 0.602. The second kappa shape index (κ2) is 6.41. The van der Waals surface area contributed by atoms with Crippen LogP contribution in [0, 0.1) is 5.41 Å². The zero-order valence-corrected chi connectivity index (χ0v) is 14.2. The van der Waals surface area contributed by atoms with Gasteiger partial charge in [0.15, 0.2) is 0 Å². The Morgan fingerprint density at radius 2 is 1.70 bits per heavy atom. The number of hydrogen-bond acceptors (Lipinski definition) is 2. The van der Waals surface area contributed by atoms with Gasteiger partial charge < -0.3 is 10.6 Å². The molecular weight excluding hydrogens is 382 g/mol. The first-order valence-corrected chi connectivity index (χ1v) is 7.65. The van der Waals surface area contributed by atoms with Crippen LogP contribution in [-0.4, -0.2) is 12.9 Å². The SMILES string of the molecule is CN(Cc1ccc(Br)cc1)c1ccc(Br)cc1C(=N)N. The number of nitrogens with two attached hydrogens (primary N) is 1. The van der Waals surface area contributed by atoms with Crippen molar-refractivity contribution >= 4 is 43.4 Å². The maximum Gasteiger partial charge on any atom is 0.124 e. The average Bonchev–Trinajstić information content (AvgIpc) is 2.41. The van der Waals surface area contributed by atoms with E-state index < -0.39 is 0 Å². The molecule has 2 rings (SSSR count). The molecule has 2 aromatic carbocycles. The van der Waals surface area contributed by atoms with Gasteiger partial charge in [0.1, 0.15) is 5.84 Å². The Kier molecular flexibility index (Phi) is 4.83. The third-order valence-corrected chi connectivity index (χ3v) is 4.01. The predicted molar refractivity (Wildman–Crippen MR) is 91.4 cm³/mol. The van der Waals surface area contributed by atoms with Crippen molar-refractivity contribution in [1.29, 1.82) is 5.41 Å². The molecule has 0 heterocycles. The summed E-state index contributed by atoms with van der Waals surface area (Å²) in [4.78, 5) is 2.09. The molecule has 0 saturated carbocycles. The van der Waals surface area contributed by atoms with E-state index in [2.05, 4.69) is 48.9 Å². The summed E-state index contributed by atoms with van der Waals surface area (Å²) < 4.78 is 1.99. The molecule has 3 N–H and O–H groups in total. The Bertz CT molecular complexity index is 624. The molecule has 0 atom stereocenters. The van der Waals surface area contributed by atoms with Crippen LogP contribution < -0.4 is 10.6 Å². The summed E-state index contributed by atoms with van der Waals surface area (Å²) >= 11 is 6.84. The molecule has 0 amide bonds. The standard InChI is InChI=1S/C15H15Br2N3/c1-20(9-10-2-4-11(16)5-3-10)14-7-6-12(17)8-13(14)15(18)19/h2-8H,9H2,1H3,(H3,18,19). The third kappa shape index (κ3) is 3.61. The molecule has 0 aliphatic heterocycles. The van der Waals surface area contributed by atoms with Gasteiger partial charge >= 0.3 is 0 Å². The summed E-state index contributed by atoms with van der Waals surface area (Å²) in [6.45, 7) is 0.759. The first-order chi connectivity index (χ1) is 9.47. The molecule has 0 bridgehead atoms. The van der Waals surface area contributed by atoms with Crippen molar-refractivity contribution < 1.29 is 0 Å². The van der Waals surface area contributed by atoms with E-state index in [9.17, 15) is 0 Å². The molecule has 0 spiro atoms. The van der Waals surface area contributed by atoms with Crippen LogP contribution in [0.1, 0.15) is 11.1 Å². The van der Waals surface area contributed by atoms with Crippen molar-refractivity contribution in [2.45, 2.75) is 6.54 Å². The van der Waals surface area contributed by atoms with Crippen LogP contribution in [-0.2, 0) is 6.54 Å². The number of rotatable bonds is 4. The molecular formula is C15H15Br2N3. The number of nitrogens with zero attached hydrogens (tertiary/aromatic N) is 1. The molecule has 0 radical (unpaired) electrons. The summed E-state index contributed by atoms with van der Waals surface area (Å²) in [6, 6.07) is 14.0. The minimum absolute atomic E-state index is 0.0731. The lowest BCUT2D eigenvalue weighted by atomic mass is 10.1. The molecule has 104 valence electrons. The number of halogens is 2. The molecule has 20 heavy (non-hydrogen) atoms. The van der Waals surface area contributed by atoms with Crippen molar-refractivity contribution in [3.05, 3.63) is 62.5 Å². The first kappa shape index (κ1) is 15.1. The van der Waals surface area contributed by atoms with Gasteiger partial charge in [0.25, 0.3) is 0 Å². The minimum Gasteiger partial charge on any atom is -0.384 e. The minimum atomic E-state index is 0.0731. The third-order valence-electron chi connectivity index (χ3n) is 2.99. The highest BCUT2D eigenvalue weighted by molar-refractivity contribution is 9.10. The summed E-state index contributed by atoms with van der Waals surface area (Å²) in [5.41, 5.74) is 8.55. The van der Waals surface area contributed by atoms with Gasteiger partial charge in [-0.05, 0) is 35.9 Å². The van der Waals surface area contributed by atoms with E-state index in [1.165, 1.54) is 5.56 Å². The second-order valence-electron chi connectivity index (χ2n) is 4.56. The Labute approximate surface area is 135 Å². The average molecular weight is 397 g/mol. The normalized spacial score (nSPS) is 10.3. The number of hydrogen-bond donors (Lipinski definition) is 2. The van der Waals surface area contributed by atoms with Crippen LogP contribution in [0.5, 0.6) is 0 Å². The van der Waals surface area contributed by atoms with Gasteiger partial charge in [0, 0.05) is 33.8 Å². The summed E-state index contributed by atoms with van der Waals surface area (Å²) in [6.07, 6.45) is 0. The Balaban J connectivity index is 2.27. The fraction of sp³-hybridized carbons (Fsp3) is 0.133. The van der Waals surface area contributed by atoms with Crippen LogP contribution in [0.4, 0.5) is 5.69 Å². The van der Waals surface area contributed by atoms with Gasteiger partial charge in [0.2, 0.25) is 0 Å². The second-order valence-corrected chi connectivity index (χ2v) is 6.39. The molecule has 5 heteroatoms. The van der Waals surface area contributed by atoms with Gasteiger partial charge in [-0.25, -0.2) is 0 Å². The van der Waals surface area contributed by atoms with Crippen LogP contribution in [0.2, 0.25) is 0 Å². The van der Waals surface area contributed by atoms with Gasteiger partial charge in [-0.15, -0.1) is 0 Å². The highest BCUT2D eigenvalue weighted by Crippen LogP contribution is 2.25. The summed E-state index contributed by atoms with van der Waals surface area (Å²) in [7, 11) is 2.00.